The highest BCUT2D eigenvalue weighted by Crippen LogP contribution is 2.24. The third-order valence-corrected chi connectivity index (χ3v) is 9.44. The molecule has 8 N–H and O–H groups in total. The number of aliphatic hydroxyl groups is 1. The molecule has 15 nitrogen and oxygen atoms in total. The van der Waals surface area contributed by atoms with Gasteiger partial charge in [0.2, 0.25) is 11.9 Å². The summed E-state index contributed by atoms with van der Waals surface area (Å²) >= 11 is 1.53. The highest BCUT2D eigenvalue weighted by molar-refractivity contribution is 7.13. The molecule has 0 aliphatic carbocycles. The number of amides is 3. The van der Waals surface area contributed by atoms with Crippen molar-refractivity contribution in [3.63, 3.8) is 0 Å². The predicted octanol–water partition coefficient (Wildman–Crippen LogP) is 3.62. The van der Waals surface area contributed by atoms with Crippen LogP contribution in [0.25, 0.3) is 10.6 Å². The second-order valence-corrected chi connectivity index (χ2v) is 15.2. The molecular weight excluding hydrogens is 747 g/mol. The van der Waals surface area contributed by atoms with Gasteiger partial charge in [-0.05, 0) is 48.4 Å². The lowest BCUT2D eigenvalue weighted by molar-refractivity contribution is -0.135. The van der Waals surface area contributed by atoms with E-state index in [1.165, 1.54) is 11.3 Å². The first-order valence-electron chi connectivity index (χ1n) is 19.3. The first-order valence-corrected chi connectivity index (χ1v) is 20.2. The molecule has 0 aliphatic rings. The van der Waals surface area contributed by atoms with Crippen molar-refractivity contribution in [1.29, 1.82) is 0 Å². The minimum Gasteiger partial charge on any atom is -0.382 e. The molecule has 0 spiro atoms. The fraction of sp³-hybridized carbons (Fsp3) is 0.463. The molecule has 308 valence electrons. The van der Waals surface area contributed by atoms with Crippen LogP contribution in [-0.4, -0.2) is 102 Å². The number of nitrogens with zero attached hydrogens (tertiary/aromatic N) is 3. The summed E-state index contributed by atoms with van der Waals surface area (Å²) in [4.78, 5) is 51.8. The molecule has 3 atom stereocenters. The second-order valence-electron chi connectivity index (χ2n) is 14.4. The number of anilines is 2. The molecule has 16 heteroatoms. The number of aromatic nitrogens is 3. The smallest absolute Gasteiger partial charge is 0.251 e. The number of carbonyl (C=O) groups excluding carboxylic acids is 3. The highest BCUT2D eigenvalue weighted by atomic mass is 32.1. The maximum Gasteiger partial charge on any atom is 0.251 e. The molecule has 0 bridgehead atoms. The van der Waals surface area contributed by atoms with Gasteiger partial charge in [-0.15, -0.1) is 11.3 Å². The molecule has 0 radical (unpaired) electrons. The van der Waals surface area contributed by atoms with Crippen molar-refractivity contribution >= 4 is 40.8 Å². The zero-order valence-corrected chi connectivity index (χ0v) is 34.0. The van der Waals surface area contributed by atoms with Crippen LogP contribution < -0.4 is 32.3 Å². The van der Waals surface area contributed by atoms with Gasteiger partial charge in [0.15, 0.2) is 0 Å². The zero-order chi connectivity index (χ0) is 41.0. The van der Waals surface area contributed by atoms with Crippen LogP contribution in [0.15, 0.2) is 72.2 Å². The van der Waals surface area contributed by atoms with E-state index in [9.17, 15) is 19.5 Å². The van der Waals surface area contributed by atoms with Crippen molar-refractivity contribution in [3.05, 3.63) is 89.1 Å². The third kappa shape index (κ3) is 16.2. The van der Waals surface area contributed by atoms with Crippen molar-refractivity contribution in [3.8, 4) is 10.6 Å². The normalized spacial score (nSPS) is 12.8. The average Bonchev–Trinajstić information content (AvgIpc) is 3.69. The van der Waals surface area contributed by atoms with Gasteiger partial charge in [-0.3, -0.25) is 14.4 Å². The Morgan fingerprint density at radius 2 is 1.53 bits per heavy atom. The number of aliphatic hydroxyl groups excluding tert-OH is 1. The molecule has 0 aliphatic heterocycles. The summed E-state index contributed by atoms with van der Waals surface area (Å²) in [5.41, 5.74) is 9.31. The molecule has 3 unspecified atom stereocenters. The van der Waals surface area contributed by atoms with Gasteiger partial charge >= 0.3 is 0 Å². The quantitative estimate of drug-likeness (QED) is 0.0479. The molecule has 3 amide bonds. The SMILES string of the molecule is CC(C)CNc1ccnc(NCc2csc(-c3ccc(C(=O)NCCOCCOCCNC(=O)C(CC(C)C)NC(=O)C(O)C(N)Cc4ccccc4)cc3)n2)n1. The maximum atomic E-state index is 12.9. The molecule has 0 saturated heterocycles. The van der Waals surface area contributed by atoms with Crippen molar-refractivity contribution in [2.24, 2.45) is 17.6 Å². The average molecular weight is 804 g/mol. The van der Waals surface area contributed by atoms with Gasteiger partial charge < -0.3 is 46.9 Å². The van der Waals surface area contributed by atoms with Crippen LogP contribution in [0.3, 0.4) is 0 Å². The maximum absolute atomic E-state index is 12.9. The van der Waals surface area contributed by atoms with Crippen LogP contribution in [0.2, 0.25) is 0 Å². The van der Waals surface area contributed by atoms with Gasteiger partial charge in [-0.2, -0.15) is 4.98 Å². The molecule has 0 fully saturated rings. The first-order chi connectivity index (χ1) is 27.5. The number of rotatable bonds is 25. The minimum atomic E-state index is -1.46. The van der Waals surface area contributed by atoms with E-state index in [1.54, 1.807) is 18.3 Å². The van der Waals surface area contributed by atoms with Gasteiger partial charge in [-0.1, -0.05) is 70.2 Å². The Bertz CT molecular complexity index is 1810. The second kappa shape index (κ2) is 23.9. The first kappa shape index (κ1) is 44.7. The number of nitrogens with two attached hydrogens (primary N) is 1. The van der Waals surface area contributed by atoms with Crippen LogP contribution in [0.1, 0.15) is 55.7 Å². The van der Waals surface area contributed by atoms with E-state index in [0.29, 0.717) is 63.2 Å². The number of ether oxygens (including phenoxy) is 2. The van der Waals surface area contributed by atoms with E-state index in [2.05, 4.69) is 50.4 Å². The Hall–Kier alpha value is -5.00. The predicted molar refractivity (Wildman–Crippen MR) is 223 cm³/mol. The van der Waals surface area contributed by atoms with Crippen molar-refractivity contribution in [2.75, 3.05) is 56.7 Å². The summed E-state index contributed by atoms with van der Waals surface area (Å²) in [5, 5.41) is 28.2. The topological polar surface area (TPSA) is 215 Å². The lowest BCUT2D eigenvalue weighted by Gasteiger charge is -2.24. The monoisotopic (exact) mass is 803 g/mol. The van der Waals surface area contributed by atoms with Gasteiger partial charge in [0.1, 0.15) is 23.0 Å². The number of carbonyl (C=O) groups is 3. The minimum absolute atomic E-state index is 0.121. The molecule has 4 aromatic rings. The molecule has 57 heavy (non-hydrogen) atoms. The van der Waals surface area contributed by atoms with Gasteiger partial charge in [0.25, 0.3) is 11.8 Å². The Morgan fingerprint density at radius 3 is 2.21 bits per heavy atom. The summed E-state index contributed by atoms with van der Waals surface area (Å²) in [7, 11) is 0. The fourth-order valence-electron chi connectivity index (χ4n) is 5.49. The Labute approximate surface area is 339 Å². The summed E-state index contributed by atoms with van der Waals surface area (Å²) < 4.78 is 11.1. The van der Waals surface area contributed by atoms with E-state index in [4.69, 9.17) is 20.2 Å². The van der Waals surface area contributed by atoms with E-state index in [1.807, 2.05) is 67.8 Å². The molecular formula is C41H57N9O6S. The fourth-order valence-corrected chi connectivity index (χ4v) is 6.31. The highest BCUT2D eigenvalue weighted by Gasteiger charge is 2.28. The van der Waals surface area contributed by atoms with Gasteiger partial charge in [-0.25, -0.2) is 9.97 Å². The third-order valence-electron chi connectivity index (χ3n) is 8.50. The zero-order valence-electron chi connectivity index (χ0n) is 33.2. The van der Waals surface area contributed by atoms with E-state index < -0.39 is 24.1 Å². The van der Waals surface area contributed by atoms with E-state index in [0.717, 1.165) is 34.2 Å². The lowest BCUT2D eigenvalue weighted by atomic mass is 10.00. The Balaban J connectivity index is 1.06. The molecule has 0 saturated carbocycles. The van der Waals surface area contributed by atoms with Crippen LogP contribution in [0.5, 0.6) is 0 Å². The number of thiazole rings is 1. The van der Waals surface area contributed by atoms with Crippen LogP contribution in [-0.2, 0) is 32.0 Å². The standard InChI is InChI=1S/C41H57N9O6S/c1-27(2)22-34(49-39(54)36(51)33(42)23-29-8-6-5-7-9-29)38(53)44-17-19-56-21-20-55-18-16-43-37(52)30-10-12-31(13-11-30)40-48-32(26-57-40)25-47-41-45-15-14-35(50-41)46-24-28(3)4/h5-15,26-28,33-34,36,51H,16-25,42H2,1-4H3,(H,43,52)(H,44,53)(H,49,54)(H2,45,46,47,50). The summed E-state index contributed by atoms with van der Waals surface area (Å²) in [6.45, 7) is 11.2. The lowest BCUT2D eigenvalue weighted by Crippen LogP contribution is -2.54. The Morgan fingerprint density at radius 1 is 0.825 bits per heavy atom. The van der Waals surface area contributed by atoms with Crippen LogP contribution in [0.4, 0.5) is 11.8 Å². The van der Waals surface area contributed by atoms with Crippen molar-refractivity contribution in [2.45, 2.75) is 65.3 Å². The summed E-state index contributed by atoms with van der Waals surface area (Å²) in [6, 6.07) is 16.9. The number of benzene rings is 2. The molecule has 2 aromatic heterocycles. The number of hydrogen-bond donors (Lipinski definition) is 7. The van der Waals surface area contributed by atoms with Gasteiger partial charge in [0, 0.05) is 48.4 Å². The molecule has 4 rings (SSSR count). The number of nitrogens with one attached hydrogen (secondary N) is 5. The van der Waals surface area contributed by atoms with Crippen molar-refractivity contribution in [1.82, 2.24) is 30.9 Å². The van der Waals surface area contributed by atoms with Crippen LogP contribution in [0, 0.1) is 11.8 Å². The largest absolute Gasteiger partial charge is 0.382 e. The Kier molecular flexibility index (Phi) is 18.8. The van der Waals surface area contributed by atoms with Gasteiger partial charge in [0.05, 0.1) is 38.7 Å². The van der Waals surface area contributed by atoms with Crippen LogP contribution >= 0.6 is 11.3 Å². The summed E-state index contributed by atoms with van der Waals surface area (Å²) in [5.74, 6) is 0.678. The molecule has 2 aromatic carbocycles. The number of hydrogen-bond acceptors (Lipinski definition) is 13. The molecule has 2 heterocycles. The van der Waals surface area contributed by atoms with E-state index >= 15 is 0 Å². The van der Waals surface area contributed by atoms with Crippen molar-refractivity contribution < 1.29 is 29.0 Å². The summed E-state index contributed by atoms with van der Waals surface area (Å²) in [6.07, 6.45) is 0.973. The van der Waals surface area contributed by atoms with E-state index in [-0.39, 0.29) is 30.9 Å².